The first-order valence-corrected chi connectivity index (χ1v) is 7.15. The summed E-state index contributed by atoms with van der Waals surface area (Å²) in [5, 5.41) is 0.731. The molecule has 0 aliphatic rings. The summed E-state index contributed by atoms with van der Waals surface area (Å²) in [5.74, 6) is 1.44. The van der Waals surface area contributed by atoms with Gasteiger partial charge in [-0.1, -0.05) is 23.7 Å². The maximum absolute atomic E-state index is 6.32. The summed E-state index contributed by atoms with van der Waals surface area (Å²) in [4.78, 5) is 0. The van der Waals surface area contributed by atoms with Gasteiger partial charge in [-0.3, -0.25) is 0 Å². The molecule has 0 radical (unpaired) electrons. The maximum atomic E-state index is 6.32. The Morgan fingerprint density at radius 3 is 2.38 bits per heavy atom. The molecule has 0 saturated carbocycles. The Balaban J connectivity index is 2.21. The van der Waals surface area contributed by atoms with Crippen molar-refractivity contribution >= 4 is 11.6 Å². The van der Waals surface area contributed by atoms with Crippen molar-refractivity contribution in [3.63, 3.8) is 0 Å². The number of aryl methyl sites for hydroxylation is 1. The third kappa shape index (κ3) is 3.69. The third-order valence-electron chi connectivity index (χ3n) is 3.53. The maximum Gasteiger partial charge on any atom is 0.160 e. The molecule has 4 heteroatoms. The number of halogens is 1. The van der Waals surface area contributed by atoms with Crippen molar-refractivity contribution in [3.8, 4) is 11.5 Å². The van der Waals surface area contributed by atoms with Crippen molar-refractivity contribution < 1.29 is 9.47 Å². The molecule has 0 aromatic heterocycles. The third-order valence-corrected chi connectivity index (χ3v) is 3.77. The van der Waals surface area contributed by atoms with Crippen LogP contribution in [-0.4, -0.2) is 14.2 Å². The van der Waals surface area contributed by atoms with Gasteiger partial charge in [0.2, 0.25) is 0 Å². The Morgan fingerprint density at radius 2 is 1.76 bits per heavy atom. The van der Waals surface area contributed by atoms with Gasteiger partial charge in [-0.15, -0.1) is 0 Å². The molecule has 3 nitrogen and oxygen atoms in total. The Kier molecular flexibility index (Phi) is 5.10. The first-order chi connectivity index (χ1) is 10.0. The van der Waals surface area contributed by atoms with Gasteiger partial charge in [0.25, 0.3) is 0 Å². The fourth-order valence-electron chi connectivity index (χ4n) is 2.43. The molecule has 0 fully saturated rings. The molecule has 2 aromatic carbocycles. The molecule has 2 rings (SSSR count). The van der Waals surface area contributed by atoms with Crippen LogP contribution >= 0.6 is 11.6 Å². The van der Waals surface area contributed by atoms with E-state index in [1.165, 1.54) is 0 Å². The lowest BCUT2D eigenvalue weighted by atomic mass is 9.96. The van der Waals surface area contributed by atoms with E-state index < -0.39 is 0 Å². The molecule has 1 unspecified atom stereocenters. The highest BCUT2D eigenvalue weighted by atomic mass is 35.5. The van der Waals surface area contributed by atoms with E-state index in [2.05, 4.69) is 0 Å². The zero-order valence-corrected chi connectivity index (χ0v) is 13.3. The zero-order chi connectivity index (χ0) is 15.4. The predicted molar refractivity (Wildman–Crippen MR) is 86.4 cm³/mol. The molecule has 21 heavy (non-hydrogen) atoms. The number of hydrogen-bond acceptors (Lipinski definition) is 3. The van der Waals surface area contributed by atoms with Gasteiger partial charge in [-0.2, -0.15) is 0 Å². The first-order valence-electron chi connectivity index (χ1n) is 6.77. The van der Waals surface area contributed by atoms with E-state index in [1.807, 2.05) is 43.3 Å². The van der Waals surface area contributed by atoms with Gasteiger partial charge >= 0.3 is 0 Å². The van der Waals surface area contributed by atoms with Gasteiger partial charge in [0, 0.05) is 11.1 Å². The van der Waals surface area contributed by atoms with Gasteiger partial charge in [0.05, 0.1) is 14.2 Å². The lowest BCUT2D eigenvalue weighted by molar-refractivity contribution is 0.354. The van der Waals surface area contributed by atoms with Crippen LogP contribution in [-0.2, 0) is 6.42 Å². The van der Waals surface area contributed by atoms with Crippen LogP contribution in [0.25, 0.3) is 0 Å². The Labute approximate surface area is 130 Å². The van der Waals surface area contributed by atoms with Crippen LogP contribution in [0.3, 0.4) is 0 Å². The second-order valence-electron chi connectivity index (χ2n) is 5.00. The van der Waals surface area contributed by atoms with Gasteiger partial charge in [0.15, 0.2) is 11.5 Å². The normalized spacial score (nSPS) is 12.0. The molecule has 0 bridgehead atoms. The largest absolute Gasteiger partial charge is 0.493 e. The molecule has 2 aromatic rings. The summed E-state index contributed by atoms with van der Waals surface area (Å²) in [6.07, 6.45) is 0.725. The molecule has 2 N–H and O–H groups in total. The number of rotatable bonds is 5. The quantitative estimate of drug-likeness (QED) is 0.911. The molecule has 112 valence electrons. The highest BCUT2D eigenvalue weighted by molar-refractivity contribution is 6.30. The number of methoxy groups -OCH3 is 2. The van der Waals surface area contributed by atoms with Gasteiger partial charge in [-0.05, 0) is 54.3 Å². The van der Waals surface area contributed by atoms with Crippen LogP contribution in [0.5, 0.6) is 11.5 Å². The van der Waals surface area contributed by atoms with Crippen LogP contribution in [0, 0.1) is 6.92 Å². The number of ether oxygens (including phenoxy) is 2. The summed E-state index contributed by atoms with van der Waals surface area (Å²) in [7, 11) is 3.26. The fourth-order valence-corrected chi connectivity index (χ4v) is 2.65. The minimum Gasteiger partial charge on any atom is -0.493 e. The molecule has 0 aliphatic heterocycles. The Bertz CT molecular complexity index is 628. The monoisotopic (exact) mass is 305 g/mol. The predicted octanol–water partition coefficient (Wildman–Crippen LogP) is 3.91. The summed E-state index contributed by atoms with van der Waals surface area (Å²) in [6.45, 7) is 2.02. The average Bonchev–Trinajstić information content (AvgIpc) is 2.46. The highest BCUT2D eigenvalue weighted by Crippen LogP contribution is 2.30. The lowest BCUT2D eigenvalue weighted by Gasteiger charge is -2.16. The minimum absolute atomic E-state index is 0.0830. The van der Waals surface area contributed by atoms with Gasteiger partial charge in [-0.25, -0.2) is 0 Å². The molecule has 0 heterocycles. The van der Waals surface area contributed by atoms with Crippen LogP contribution in [0.2, 0.25) is 5.02 Å². The second kappa shape index (κ2) is 6.83. The van der Waals surface area contributed by atoms with Crippen LogP contribution in [0.4, 0.5) is 0 Å². The second-order valence-corrected chi connectivity index (χ2v) is 5.44. The van der Waals surface area contributed by atoms with Crippen molar-refractivity contribution in [1.29, 1.82) is 0 Å². The van der Waals surface area contributed by atoms with Crippen molar-refractivity contribution in [2.45, 2.75) is 19.4 Å². The lowest BCUT2D eigenvalue weighted by Crippen LogP contribution is -2.14. The van der Waals surface area contributed by atoms with Crippen molar-refractivity contribution in [3.05, 3.63) is 58.1 Å². The Hall–Kier alpha value is -1.71. The van der Waals surface area contributed by atoms with Crippen LogP contribution in [0.1, 0.15) is 22.7 Å². The van der Waals surface area contributed by atoms with Crippen LogP contribution < -0.4 is 15.2 Å². The summed E-state index contributed by atoms with van der Waals surface area (Å²) < 4.78 is 10.6. The number of hydrogen-bond donors (Lipinski definition) is 1. The average molecular weight is 306 g/mol. The van der Waals surface area contributed by atoms with Crippen LogP contribution in [0.15, 0.2) is 36.4 Å². The van der Waals surface area contributed by atoms with Gasteiger partial charge < -0.3 is 15.2 Å². The molecular formula is C17H20ClNO2. The van der Waals surface area contributed by atoms with Crippen molar-refractivity contribution in [1.82, 2.24) is 0 Å². The van der Waals surface area contributed by atoms with Crippen molar-refractivity contribution in [2.75, 3.05) is 14.2 Å². The van der Waals surface area contributed by atoms with E-state index in [9.17, 15) is 0 Å². The van der Waals surface area contributed by atoms with E-state index in [1.54, 1.807) is 14.2 Å². The molecule has 0 aliphatic carbocycles. The molecule has 0 amide bonds. The van der Waals surface area contributed by atoms with E-state index in [4.69, 9.17) is 26.8 Å². The van der Waals surface area contributed by atoms with Gasteiger partial charge in [0.1, 0.15) is 0 Å². The number of nitrogens with two attached hydrogens (primary N) is 1. The molecular weight excluding hydrogens is 286 g/mol. The Morgan fingerprint density at radius 1 is 1.05 bits per heavy atom. The van der Waals surface area contributed by atoms with E-state index in [0.29, 0.717) is 0 Å². The van der Waals surface area contributed by atoms with E-state index >= 15 is 0 Å². The molecule has 1 atom stereocenters. The molecule has 0 spiro atoms. The molecule has 0 saturated heterocycles. The van der Waals surface area contributed by atoms with E-state index in [0.717, 1.165) is 39.6 Å². The first kappa shape index (κ1) is 15.7. The van der Waals surface area contributed by atoms with E-state index in [-0.39, 0.29) is 6.04 Å². The summed E-state index contributed by atoms with van der Waals surface area (Å²) in [5.41, 5.74) is 9.64. The highest BCUT2D eigenvalue weighted by Gasteiger charge is 2.12. The smallest absolute Gasteiger partial charge is 0.160 e. The van der Waals surface area contributed by atoms with Crippen molar-refractivity contribution in [2.24, 2.45) is 5.73 Å². The number of benzene rings is 2. The standard InChI is InChI=1S/C17H20ClNO2/c1-11-8-13(18)5-6-14(11)15(19)9-12-4-7-16(20-2)17(10-12)21-3/h4-8,10,15H,9,19H2,1-3H3. The SMILES string of the molecule is COc1ccc(CC(N)c2ccc(Cl)cc2C)cc1OC. The minimum atomic E-state index is -0.0830. The topological polar surface area (TPSA) is 44.5 Å². The fraction of sp³-hybridized carbons (Fsp3) is 0.294. The zero-order valence-electron chi connectivity index (χ0n) is 12.5. The summed E-state index contributed by atoms with van der Waals surface area (Å²) >= 11 is 5.98. The summed E-state index contributed by atoms with van der Waals surface area (Å²) in [6, 6.07) is 11.6.